The Labute approximate surface area is 176 Å². The van der Waals surface area contributed by atoms with E-state index in [4.69, 9.17) is 4.74 Å². The number of carbonyl (C=O) groups is 2. The number of esters is 1. The van der Waals surface area contributed by atoms with Crippen molar-refractivity contribution in [2.75, 3.05) is 7.11 Å². The molecule has 30 heavy (non-hydrogen) atoms. The second-order valence-electron chi connectivity index (χ2n) is 6.91. The van der Waals surface area contributed by atoms with Crippen LogP contribution in [-0.4, -0.2) is 19.0 Å². The summed E-state index contributed by atoms with van der Waals surface area (Å²) in [5.41, 5.74) is 4.21. The van der Waals surface area contributed by atoms with Gasteiger partial charge in [0.1, 0.15) is 0 Å². The van der Waals surface area contributed by atoms with Crippen molar-refractivity contribution in [2.24, 2.45) is 0 Å². The fourth-order valence-electron chi connectivity index (χ4n) is 2.91. The van der Waals surface area contributed by atoms with Gasteiger partial charge >= 0.3 is 5.97 Å². The molecule has 0 aliphatic carbocycles. The van der Waals surface area contributed by atoms with Gasteiger partial charge in [-0.2, -0.15) is 0 Å². The molecular formula is C26H23NO3. The van der Waals surface area contributed by atoms with Gasteiger partial charge in [-0.1, -0.05) is 59.9 Å². The molecule has 3 aromatic carbocycles. The summed E-state index contributed by atoms with van der Waals surface area (Å²) in [6, 6.07) is 24.1. The molecule has 0 spiro atoms. The van der Waals surface area contributed by atoms with Gasteiger partial charge in [-0.15, -0.1) is 0 Å². The first-order valence-electron chi connectivity index (χ1n) is 9.66. The standard InChI is InChI=1S/C26H23NO3/c1-19-8-14-22(15-9-19)24(18-25(28)30-2)27-26(29)23-16-12-21(13-17-23)11-10-20-6-4-3-5-7-20/h3-9,12-17,24H,18H2,1-2H3,(H,27,29). The number of hydrogen-bond acceptors (Lipinski definition) is 3. The molecule has 4 heteroatoms. The van der Waals surface area contributed by atoms with Crippen molar-refractivity contribution in [1.82, 2.24) is 5.32 Å². The molecule has 1 atom stereocenters. The quantitative estimate of drug-likeness (QED) is 0.512. The van der Waals surface area contributed by atoms with Crippen LogP contribution in [0.4, 0.5) is 0 Å². The van der Waals surface area contributed by atoms with Gasteiger partial charge in [0, 0.05) is 16.7 Å². The van der Waals surface area contributed by atoms with Gasteiger partial charge in [0.25, 0.3) is 5.91 Å². The lowest BCUT2D eigenvalue weighted by molar-refractivity contribution is -0.141. The van der Waals surface area contributed by atoms with E-state index in [-0.39, 0.29) is 18.3 Å². The fraction of sp³-hybridized carbons (Fsp3) is 0.154. The molecule has 1 unspecified atom stereocenters. The summed E-state index contributed by atoms with van der Waals surface area (Å²) in [7, 11) is 1.34. The van der Waals surface area contributed by atoms with E-state index in [0.717, 1.165) is 22.3 Å². The highest BCUT2D eigenvalue weighted by Gasteiger charge is 2.19. The van der Waals surface area contributed by atoms with Crippen LogP contribution in [0.15, 0.2) is 78.9 Å². The second kappa shape index (κ2) is 10.1. The Morgan fingerprint density at radius 2 is 1.47 bits per heavy atom. The van der Waals surface area contributed by atoms with Gasteiger partial charge in [-0.25, -0.2) is 0 Å². The maximum atomic E-state index is 12.8. The number of hydrogen-bond donors (Lipinski definition) is 1. The molecule has 0 aliphatic heterocycles. The van der Waals surface area contributed by atoms with E-state index in [1.807, 2.05) is 73.7 Å². The minimum absolute atomic E-state index is 0.0614. The summed E-state index contributed by atoms with van der Waals surface area (Å²) >= 11 is 0. The molecule has 3 rings (SSSR count). The summed E-state index contributed by atoms with van der Waals surface area (Å²) in [4.78, 5) is 24.6. The van der Waals surface area contributed by atoms with Crippen LogP contribution in [0.3, 0.4) is 0 Å². The van der Waals surface area contributed by atoms with Gasteiger partial charge in [-0.3, -0.25) is 9.59 Å². The average Bonchev–Trinajstić information content (AvgIpc) is 2.78. The van der Waals surface area contributed by atoms with Crippen molar-refractivity contribution in [2.45, 2.75) is 19.4 Å². The maximum Gasteiger partial charge on any atom is 0.307 e. The molecule has 0 fully saturated rings. The lowest BCUT2D eigenvalue weighted by Gasteiger charge is -2.18. The molecule has 3 aromatic rings. The number of nitrogens with one attached hydrogen (secondary N) is 1. The van der Waals surface area contributed by atoms with E-state index in [1.165, 1.54) is 7.11 Å². The maximum absolute atomic E-state index is 12.8. The van der Waals surface area contributed by atoms with E-state index in [0.29, 0.717) is 5.56 Å². The van der Waals surface area contributed by atoms with Gasteiger partial charge in [0.05, 0.1) is 19.6 Å². The highest BCUT2D eigenvalue weighted by Crippen LogP contribution is 2.19. The summed E-state index contributed by atoms with van der Waals surface area (Å²) in [5.74, 6) is 5.54. The first-order valence-corrected chi connectivity index (χ1v) is 9.66. The minimum Gasteiger partial charge on any atom is -0.469 e. The molecule has 1 N–H and O–H groups in total. The predicted octanol–water partition coefficient (Wildman–Crippen LogP) is 4.43. The molecule has 0 aromatic heterocycles. The minimum atomic E-state index is -0.469. The molecule has 0 heterocycles. The van der Waals surface area contributed by atoms with Gasteiger partial charge in [0.15, 0.2) is 0 Å². The van der Waals surface area contributed by atoms with E-state index in [1.54, 1.807) is 12.1 Å². The number of rotatable bonds is 5. The Hall–Kier alpha value is -3.84. The van der Waals surface area contributed by atoms with Crippen LogP contribution in [0.2, 0.25) is 0 Å². The Morgan fingerprint density at radius 1 is 0.867 bits per heavy atom. The lowest BCUT2D eigenvalue weighted by Crippen LogP contribution is -2.30. The van der Waals surface area contributed by atoms with Gasteiger partial charge in [-0.05, 0) is 48.9 Å². The molecule has 0 radical (unpaired) electrons. The van der Waals surface area contributed by atoms with Gasteiger partial charge < -0.3 is 10.1 Å². The van der Waals surface area contributed by atoms with Crippen molar-refractivity contribution in [3.05, 3.63) is 107 Å². The smallest absolute Gasteiger partial charge is 0.307 e. The zero-order valence-corrected chi connectivity index (χ0v) is 17.0. The number of aryl methyl sites for hydroxylation is 1. The molecule has 0 saturated heterocycles. The average molecular weight is 397 g/mol. The largest absolute Gasteiger partial charge is 0.469 e. The Balaban J connectivity index is 1.73. The summed E-state index contributed by atoms with van der Waals surface area (Å²) < 4.78 is 4.79. The highest BCUT2D eigenvalue weighted by molar-refractivity contribution is 5.94. The normalized spacial score (nSPS) is 11.0. The van der Waals surface area contributed by atoms with Crippen molar-refractivity contribution < 1.29 is 14.3 Å². The van der Waals surface area contributed by atoms with Crippen LogP contribution in [0.1, 0.15) is 45.1 Å². The predicted molar refractivity (Wildman–Crippen MR) is 117 cm³/mol. The fourth-order valence-corrected chi connectivity index (χ4v) is 2.91. The van der Waals surface area contributed by atoms with Crippen molar-refractivity contribution in [3.8, 4) is 11.8 Å². The highest BCUT2D eigenvalue weighted by atomic mass is 16.5. The van der Waals surface area contributed by atoms with Crippen LogP contribution >= 0.6 is 0 Å². The molecule has 4 nitrogen and oxygen atoms in total. The summed E-state index contributed by atoms with van der Waals surface area (Å²) in [5, 5.41) is 2.94. The zero-order valence-electron chi connectivity index (χ0n) is 17.0. The second-order valence-corrected chi connectivity index (χ2v) is 6.91. The van der Waals surface area contributed by atoms with E-state index >= 15 is 0 Å². The monoisotopic (exact) mass is 397 g/mol. The molecular weight excluding hydrogens is 374 g/mol. The number of methoxy groups -OCH3 is 1. The van der Waals surface area contributed by atoms with E-state index in [2.05, 4.69) is 17.2 Å². The van der Waals surface area contributed by atoms with Crippen LogP contribution in [0, 0.1) is 18.8 Å². The third kappa shape index (κ3) is 5.83. The van der Waals surface area contributed by atoms with Crippen LogP contribution in [-0.2, 0) is 9.53 Å². The topological polar surface area (TPSA) is 55.4 Å². The number of amides is 1. The van der Waals surface area contributed by atoms with Crippen molar-refractivity contribution in [1.29, 1.82) is 0 Å². The summed E-state index contributed by atoms with van der Waals surface area (Å²) in [6.45, 7) is 1.99. The number of benzene rings is 3. The van der Waals surface area contributed by atoms with Crippen molar-refractivity contribution in [3.63, 3.8) is 0 Å². The zero-order chi connectivity index (χ0) is 21.3. The Bertz CT molecular complexity index is 1060. The van der Waals surface area contributed by atoms with E-state index in [9.17, 15) is 9.59 Å². The van der Waals surface area contributed by atoms with Crippen LogP contribution in [0.25, 0.3) is 0 Å². The number of carbonyl (C=O) groups excluding carboxylic acids is 2. The SMILES string of the molecule is COC(=O)CC(NC(=O)c1ccc(C#Cc2ccccc2)cc1)c1ccc(C)cc1. The first kappa shape index (κ1) is 20.9. The van der Waals surface area contributed by atoms with Crippen LogP contribution < -0.4 is 5.32 Å². The van der Waals surface area contributed by atoms with Gasteiger partial charge in [0.2, 0.25) is 0 Å². The number of ether oxygens (including phenoxy) is 1. The van der Waals surface area contributed by atoms with Crippen LogP contribution in [0.5, 0.6) is 0 Å². The summed E-state index contributed by atoms with van der Waals surface area (Å²) in [6.07, 6.45) is 0.0614. The van der Waals surface area contributed by atoms with Crippen molar-refractivity contribution >= 4 is 11.9 Å². The Morgan fingerprint density at radius 3 is 2.07 bits per heavy atom. The first-order chi connectivity index (χ1) is 14.5. The molecule has 1 amide bonds. The van der Waals surface area contributed by atoms with E-state index < -0.39 is 6.04 Å². The lowest BCUT2D eigenvalue weighted by atomic mass is 10.0. The molecule has 0 saturated carbocycles. The molecule has 0 bridgehead atoms. The molecule has 150 valence electrons. The molecule has 0 aliphatic rings. The third-order valence-electron chi connectivity index (χ3n) is 4.66. The Kier molecular flexibility index (Phi) is 7.02. The third-order valence-corrected chi connectivity index (χ3v) is 4.66.